The maximum atomic E-state index is 5.36. The Bertz CT molecular complexity index is 71.3. The van der Waals surface area contributed by atoms with E-state index < -0.39 is 0 Å². The third-order valence-electron chi connectivity index (χ3n) is 1.28. The second kappa shape index (κ2) is 5.79. The minimum Gasteiger partial charge on any atom is -0.329 e. The molecule has 0 fully saturated rings. The molecular weight excluding hydrogens is 112 g/mol. The van der Waals surface area contributed by atoms with Gasteiger partial charge in [0.05, 0.1) is 0 Å². The second-order valence-electron chi connectivity index (χ2n) is 1.97. The van der Waals surface area contributed by atoms with Crippen LogP contribution >= 0.6 is 0 Å². The van der Waals surface area contributed by atoms with Crippen LogP contribution in [0.2, 0.25) is 0 Å². The Balaban J connectivity index is 3.28. The highest BCUT2D eigenvalue weighted by Gasteiger charge is 1.94. The van der Waals surface area contributed by atoms with E-state index in [0.717, 1.165) is 26.2 Å². The molecule has 2 N–H and O–H groups in total. The highest BCUT2D eigenvalue weighted by Crippen LogP contribution is 1.84. The molecule has 0 unspecified atom stereocenters. The zero-order valence-electron chi connectivity index (χ0n) is 6.14. The fraction of sp³-hybridized carbons (Fsp3) is 0.714. The van der Waals surface area contributed by atoms with E-state index in [2.05, 4.69) is 18.4 Å². The minimum atomic E-state index is 0.738. The quantitative estimate of drug-likeness (QED) is 0.545. The van der Waals surface area contributed by atoms with E-state index in [1.165, 1.54) is 0 Å². The first kappa shape index (κ1) is 8.66. The van der Waals surface area contributed by atoms with Gasteiger partial charge >= 0.3 is 0 Å². The monoisotopic (exact) mass is 128 g/mol. The highest BCUT2D eigenvalue weighted by atomic mass is 15.1. The van der Waals surface area contributed by atoms with Crippen molar-refractivity contribution in [3.63, 3.8) is 0 Å². The summed E-state index contributed by atoms with van der Waals surface area (Å²) in [6, 6.07) is 0. The van der Waals surface area contributed by atoms with E-state index >= 15 is 0 Å². The molecule has 0 aromatic rings. The van der Waals surface area contributed by atoms with Gasteiger partial charge < -0.3 is 5.73 Å². The molecule has 0 aromatic carbocycles. The molecule has 0 saturated heterocycles. The van der Waals surface area contributed by atoms with Gasteiger partial charge in [-0.05, 0) is 6.54 Å². The number of likely N-dealkylation sites (N-methyl/N-ethyl adjacent to an activating group) is 1. The first-order valence-electron chi connectivity index (χ1n) is 3.38. The maximum absolute atomic E-state index is 5.36. The summed E-state index contributed by atoms with van der Waals surface area (Å²) in [5.41, 5.74) is 5.36. The smallest absolute Gasteiger partial charge is 0.0161 e. The van der Waals surface area contributed by atoms with Crippen LogP contribution in [-0.2, 0) is 0 Å². The van der Waals surface area contributed by atoms with Crippen LogP contribution in [0.1, 0.15) is 6.92 Å². The average molecular weight is 128 g/mol. The normalized spacial score (nSPS) is 10.1. The Morgan fingerprint density at radius 2 is 2.33 bits per heavy atom. The third kappa shape index (κ3) is 4.18. The van der Waals surface area contributed by atoms with Crippen molar-refractivity contribution in [2.75, 3.05) is 26.2 Å². The number of hydrogen-bond donors (Lipinski definition) is 1. The van der Waals surface area contributed by atoms with Gasteiger partial charge in [0, 0.05) is 19.6 Å². The van der Waals surface area contributed by atoms with Crippen LogP contribution in [0.5, 0.6) is 0 Å². The third-order valence-corrected chi connectivity index (χ3v) is 1.28. The molecule has 0 amide bonds. The molecule has 0 aliphatic carbocycles. The van der Waals surface area contributed by atoms with Crippen LogP contribution in [0.15, 0.2) is 12.7 Å². The number of nitrogens with two attached hydrogens (primary N) is 1. The molecule has 0 heterocycles. The summed E-state index contributed by atoms with van der Waals surface area (Å²) in [6.07, 6.45) is 1.90. The van der Waals surface area contributed by atoms with Crippen LogP contribution in [0.25, 0.3) is 0 Å². The molecule has 2 heteroatoms. The highest BCUT2D eigenvalue weighted by molar-refractivity contribution is 4.72. The van der Waals surface area contributed by atoms with Crippen LogP contribution in [0, 0.1) is 0 Å². The molecule has 0 aromatic heterocycles. The Hall–Kier alpha value is -0.340. The van der Waals surface area contributed by atoms with E-state index in [1.807, 2.05) is 6.08 Å². The zero-order valence-corrected chi connectivity index (χ0v) is 6.14. The van der Waals surface area contributed by atoms with Crippen LogP contribution in [0.4, 0.5) is 0 Å². The summed E-state index contributed by atoms with van der Waals surface area (Å²) in [7, 11) is 0. The predicted molar refractivity (Wildman–Crippen MR) is 41.4 cm³/mol. The van der Waals surface area contributed by atoms with Crippen molar-refractivity contribution in [1.29, 1.82) is 0 Å². The number of nitrogens with zero attached hydrogens (tertiary/aromatic N) is 1. The molecule has 54 valence electrons. The van der Waals surface area contributed by atoms with Crippen LogP contribution in [-0.4, -0.2) is 31.1 Å². The topological polar surface area (TPSA) is 29.3 Å². The van der Waals surface area contributed by atoms with E-state index in [4.69, 9.17) is 5.73 Å². The molecule has 0 saturated carbocycles. The molecule has 0 aliphatic rings. The Kier molecular flexibility index (Phi) is 5.57. The first-order chi connectivity index (χ1) is 4.35. The molecule has 0 rings (SSSR count). The van der Waals surface area contributed by atoms with Gasteiger partial charge in [0.2, 0.25) is 0 Å². The lowest BCUT2D eigenvalue weighted by Gasteiger charge is -2.16. The van der Waals surface area contributed by atoms with Crippen LogP contribution < -0.4 is 5.73 Å². The maximum Gasteiger partial charge on any atom is 0.0161 e. The molecule has 9 heavy (non-hydrogen) atoms. The molecule has 0 radical (unpaired) electrons. The largest absolute Gasteiger partial charge is 0.329 e. The summed E-state index contributed by atoms with van der Waals surface area (Å²) < 4.78 is 0. The van der Waals surface area contributed by atoms with Gasteiger partial charge in [0.1, 0.15) is 0 Å². The molecule has 0 bridgehead atoms. The summed E-state index contributed by atoms with van der Waals surface area (Å²) >= 11 is 0. The molecule has 2 nitrogen and oxygen atoms in total. The summed E-state index contributed by atoms with van der Waals surface area (Å²) in [4.78, 5) is 2.24. The average Bonchev–Trinajstić information content (AvgIpc) is 1.88. The van der Waals surface area contributed by atoms with E-state index in [-0.39, 0.29) is 0 Å². The van der Waals surface area contributed by atoms with E-state index in [0.29, 0.717) is 0 Å². The van der Waals surface area contributed by atoms with Gasteiger partial charge in [-0.2, -0.15) is 0 Å². The van der Waals surface area contributed by atoms with Crippen molar-refractivity contribution in [1.82, 2.24) is 4.90 Å². The van der Waals surface area contributed by atoms with E-state index in [1.54, 1.807) is 0 Å². The van der Waals surface area contributed by atoms with Gasteiger partial charge in [-0.3, -0.25) is 4.90 Å². The lowest BCUT2D eigenvalue weighted by atomic mass is 10.4. The molecule has 0 atom stereocenters. The van der Waals surface area contributed by atoms with Crippen molar-refractivity contribution in [3.8, 4) is 0 Å². The van der Waals surface area contributed by atoms with Crippen LogP contribution in [0.3, 0.4) is 0 Å². The predicted octanol–water partition coefficient (Wildman–Crippen LogP) is 0.453. The minimum absolute atomic E-state index is 0.738. The Labute approximate surface area is 57.3 Å². The summed E-state index contributed by atoms with van der Waals surface area (Å²) in [5.74, 6) is 0. The molecule has 0 spiro atoms. The van der Waals surface area contributed by atoms with Crippen molar-refractivity contribution >= 4 is 0 Å². The molecular formula is C7H16N2. The fourth-order valence-corrected chi connectivity index (χ4v) is 0.744. The lowest BCUT2D eigenvalue weighted by molar-refractivity contribution is 0.328. The zero-order chi connectivity index (χ0) is 7.11. The van der Waals surface area contributed by atoms with Gasteiger partial charge in [0.25, 0.3) is 0 Å². The van der Waals surface area contributed by atoms with Gasteiger partial charge in [-0.15, -0.1) is 6.58 Å². The number of hydrogen-bond acceptors (Lipinski definition) is 2. The summed E-state index contributed by atoms with van der Waals surface area (Å²) in [5, 5.41) is 0. The van der Waals surface area contributed by atoms with Crippen molar-refractivity contribution in [2.24, 2.45) is 5.73 Å². The first-order valence-corrected chi connectivity index (χ1v) is 3.38. The fourth-order valence-electron chi connectivity index (χ4n) is 0.744. The van der Waals surface area contributed by atoms with Gasteiger partial charge in [0.15, 0.2) is 0 Å². The van der Waals surface area contributed by atoms with Gasteiger partial charge in [-0.1, -0.05) is 13.0 Å². The number of rotatable bonds is 5. The lowest BCUT2D eigenvalue weighted by Crippen LogP contribution is -2.29. The SMILES string of the molecule is C=CCN(CC)CCN. The van der Waals surface area contributed by atoms with E-state index in [9.17, 15) is 0 Å². The van der Waals surface area contributed by atoms with Crippen molar-refractivity contribution in [3.05, 3.63) is 12.7 Å². The second-order valence-corrected chi connectivity index (χ2v) is 1.97. The summed E-state index contributed by atoms with van der Waals surface area (Å²) in [6.45, 7) is 9.50. The van der Waals surface area contributed by atoms with Crippen molar-refractivity contribution < 1.29 is 0 Å². The Morgan fingerprint density at radius 3 is 2.67 bits per heavy atom. The Morgan fingerprint density at radius 1 is 1.67 bits per heavy atom. The van der Waals surface area contributed by atoms with Crippen molar-refractivity contribution in [2.45, 2.75) is 6.92 Å². The van der Waals surface area contributed by atoms with Gasteiger partial charge in [-0.25, -0.2) is 0 Å². The molecule has 0 aliphatic heterocycles. The standard InChI is InChI=1S/C7H16N2/c1-3-6-9(4-2)7-5-8/h3H,1,4-8H2,2H3.